The molecule has 0 aliphatic rings. The maximum atomic E-state index is 13.9. The molecule has 0 fully saturated rings. The highest BCUT2D eigenvalue weighted by Crippen LogP contribution is 2.22. The van der Waals surface area contributed by atoms with E-state index in [-0.39, 0.29) is 12.4 Å². The third-order valence-corrected chi connectivity index (χ3v) is 2.69. The first-order valence-corrected chi connectivity index (χ1v) is 5.07. The van der Waals surface area contributed by atoms with Gasteiger partial charge in [0.1, 0.15) is 5.82 Å². The number of benzene rings is 1. The fourth-order valence-corrected chi connectivity index (χ4v) is 1.82. The van der Waals surface area contributed by atoms with Gasteiger partial charge in [0.2, 0.25) is 0 Å². The number of aromatic nitrogens is 1. The average molecular weight is 207 g/mol. The summed E-state index contributed by atoms with van der Waals surface area (Å²) in [6, 6.07) is 5.51. The minimum atomic E-state index is -0.151. The first-order valence-electron chi connectivity index (χ1n) is 5.07. The van der Waals surface area contributed by atoms with Crippen LogP contribution in [0.4, 0.5) is 4.39 Å². The highest BCUT2D eigenvalue weighted by atomic mass is 19.1. The number of hydrogen-bond donors (Lipinski definition) is 1. The van der Waals surface area contributed by atoms with Gasteiger partial charge in [0.05, 0.1) is 5.52 Å². The molecule has 1 aromatic carbocycles. The third kappa shape index (κ3) is 1.75. The molecule has 0 unspecified atom stereocenters. The van der Waals surface area contributed by atoms with Crippen molar-refractivity contribution in [3.05, 3.63) is 35.8 Å². The van der Waals surface area contributed by atoms with E-state index in [4.69, 9.17) is 5.11 Å². The maximum Gasteiger partial charge on any atom is 0.135 e. The zero-order valence-electron chi connectivity index (χ0n) is 8.70. The van der Waals surface area contributed by atoms with Crippen LogP contribution in [0.15, 0.2) is 24.4 Å². The summed E-state index contributed by atoms with van der Waals surface area (Å²) in [7, 11) is 1.90. The van der Waals surface area contributed by atoms with Crippen LogP contribution < -0.4 is 0 Å². The predicted octanol–water partition coefficient (Wildman–Crippen LogP) is 2.24. The summed E-state index contributed by atoms with van der Waals surface area (Å²) < 4.78 is 15.8. The van der Waals surface area contributed by atoms with Gasteiger partial charge in [0.25, 0.3) is 0 Å². The Kier molecular flexibility index (Phi) is 2.73. The molecule has 3 heteroatoms. The molecule has 0 saturated heterocycles. The van der Waals surface area contributed by atoms with E-state index in [1.807, 2.05) is 23.9 Å². The van der Waals surface area contributed by atoms with Gasteiger partial charge in [-0.1, -0.05) is 6.07 Å². The van der Waals surface area contributed by atoms with Crippen LogP contribution in [0.1, 0.15) is 12.0 Å². The molecule has 0 saturated carbocycles. The molecule has 2 aromatic rings. The van der Waals surface area contributed by atoms with Crippen LogP contribution in [0.25, 0.3) is 10.9 Å². The molecule has 0 amide bonds. The third-order valence-electron chi connectivity index (χ3n) is 2.69. The molecule has 1 heterocycles. The number of aliphatic hydroxyl groups excluding tert-OH is 1. The highest BCUT2D eigenvalue weighted by Gasteiger charge is 2.08. The number of aliphatic hydroxyl groups is 1. The van der Waals surface area contributed by atoms with Gasteiger partial charge in [0.15, 0.2) is 0 Å². The molecule has 0 spiro atoms. The van der Waals surface area contributed by atoms with Gasteiger partial charge in [0, 0.05) is 25.2 Å². The molecule has 80 valence electrons. The van der Waals surface area contributed by atoms with E-state index in [0.29, 0.717) is 23.8 Å². The molecule has 0 aliphatic heterocycles. The van der Waals surface area contributed by atoms with E-state index < -0.39 is 0 Å². The smallest absolute Gasteiger partial charge is 0.135 e. The highest BCUT2D eigenvalue weighted by molar-refractivity contribution is 5.81. The Bertz CT molecular complexity index is 476. The molecule has 2 nitrogen and oxygen atoms in total. The molecule has 0 atom stereocenters. The Labute approximate surface area is 88.0 Å². The maximum absolute atomic E-state index is 13.9. The second-order valence-electron chi connectivity index (χ2n) is 3.73. The minimum Gasteiger partial charge on any atom is -0.396 e. The molecule has 15 heavy (non-hydrogen) atoms. The van der Waals surface area contributed by atoms with Gasteiger partial charge in [-0.25, -0.2) is 4.39 Å². The van der Waals surface area contributed by atoms with Gasteiger partial charge in [-0.05, 0) is 30.5 Å². The molecule has 2 rings (SSSR count). The van der Waals surface area contributed by atoms with Crippen molar-refractivity contribution in [2.45, 2.75) is 12.8 Å². The first kappa shape index (κ1) is 10.2. The quantitative estimate of drug-likeness (QED) is 0.820. The van der Waals surface area contributed by atoms with Gasteiger partial charge >= 0.3 is 0 Å². The Balaban J connectivity index is 2.46. The van der Waals surface area contributed by atoms with E-state index in [2.05, 4.69) is 0 Å². The fourth-order valence-electron chi connectivity index (χ4n) is 1.82. The van der Waals surface area contributed by atoms with Crippen molar-refractivity contribution in [3.8, 4) is 0 Å². The van der Waals surface area contributed by atoms with Crippen molar-refractivity contribution >= 4 is 10.9 Å². The summed E-state index contributed by atoms with van der Waals surface area (Å²) in [5.41, 5.74) is 1.59. The molecule has 0 bridgehead atoms. The lowest BCUT2D eigenvalue weighted by Gasteiger charge is -2.04. The first-order chi connectivity index (χ1) is 7.24. The van der Waals surface area contributed by atoms with E-state index >= 15 is 0 Å². The van der Waals surface area contributed by atoms with Gasteiger partial charge in [-0.15, -0.1) is 0 Å². The van der Waals surface area contributed by atoms with E-state index in [1.165, 1.54) is 0 Å². The molecule has 0 aliphatic carbocycles. The standard InChI is InChI=1S/C12H14FNO/c1-14-7-6-10-11(14)5-4-9(12(10)13)3-2-8-15/h4-7,15H,2-3,8H2,1H3. The average Bonchev–Trinajstić information content (AvgIpc) is 2.61. The number of halogens is 1. The summed E-state index contributed by atoms with van der Waals surface area (Å²) in [4.78, 5) is 0. The van der Waals surface area contributed by atoms with Gasteiger partial charge < -0.3 is 9.67 Å². The largest absolute Gasteiger partial charge is 0.396 e. The van der Waals surface area contributed by atoms with Crippen LogP contribution in [0.3, 0.4) is 0 Å². The Morgan fingerprint density at radius 1 is 1.33 bits per heavy atom. The number of rotatable bonds is 3. The topological polar surface area (TPSA) is 25.2 Å². The van der Waals surface area contributed by atoms with Gasteiger partial charge in [-0.2, -0.15) is 0 Å². The lowest BCUT2D eigenvalue weighted by molar-refractivity contribution is 0.288. The Hall–Kier alpha value is -1.35. The van der Waals surface area contributed by atoms with Crippen molar-refractivity contribution in [3.63, 3.8) is 0 Å². The van der Waals surface area contributed by atoms with Crippen molar-refractivity contribution < 1.29 is 9.50 Å². The zero-order chi connectivity index (χ0) is 10.8. The van der Waals surface area contributed by atoms with Crippen LogP contribution in [0.5, 0.6) is 0 Å². The normalized spacial score (nSPS) is 11.1. The summed E-state index contributed by atoms with van der Waals surface area (Å²) in [6.07, 6.45) is 3.05. The summed E-state index contributed by atoms with van der Waals surface area (Å²) in [5, 5.41) is 9.37. The van der Waals surface area contributed by atoms with E-state index in [9.17, 15) is 4.39 Å². The predicted molar refractivity (Wildman–Crippen MR) is 58.3 cm³/mol. The van der Waals surface area contributed by atoms with E-state index in [0.717, 1.165) is 5.52 Å². The number of aryl methyl sites for hydroxylation is 2. The van der Waals surface area contributed by atoms with E-state index in [1.54, 1.807) is 12.1 Å². The number of hydrogen-bond acceptors (Lipinski definition) is 1. The second kappa shape index (κ2) is 4.03. The summed E-state index contributed by atoms with van der Waals surface area (Å²) in [5.74, 6) is -0.151. The van der Waals surface area contributed by atoms with Crippen molar-refractivity contribution in [2.75, 3.05) is 6.61 Å². The molecule has 1 N–H and O–H groups in total. The molecule has 0 radical (unpaired) electrons. The number of nitrogens with zero attached hydrogens (tertiary/aromatic N) is 1. The lowest BCUT2D eigenvalue weighted by Crippen LogP contribution is -1.94. The van der Waals surface area contributed by atoms with Gasteiger partial charge in [-0.3, -0.25) is 0 Å². The molecule has 1 aromatic heterocycles. The number of fused-ring (bicyclic) bond motifs is 1. The monoisotopic (exact) mass is 207 g/mol. The van der Waals surface area contributed by atoms with Crippen molar-refractivity contribution in [1.29, 1.82) is 0 Å². The SMILES string of the molecule is Cn1ccc2c(F)c(CCCO)ccc21. The van der Waals surface area contributed by atoms with Crippen molar-refractivity contribution in [2.24, 2.45) is 7.05 Å². The van der Waals surface area contributed by atoms with Crippen LogP contribution in [0, 0.1) is 5.82 Å². The minimum absolute atomic E-state index is 0.103. The van der Waals surface area contributed by atoms with Crippen LogP contribution in [-0.4, -0.2) is 16.3 Å². The van der Waals surface area contributed by atoms with Crippen LogP contribution in [-0.2, 0) is 13.5 Å². The molecular formula is C12H14FNO. The summed E-state index contributed by atoms with van der Waals surface area (Å²) in [6.45, 7) is 0.103. The fraction of sp³-hybridized carbons (Fsp3) is 0.333. The van der Waals surface area contributed by atoms with Crippen LogP contribution in [0.2, 0.25) is 0 Å². The van der Waals surface area contributed by atoms with Crippen molar-refractivity contribution in [1.82, 2.24) is 4.57 Å². The Morgan fingerprint density at radius 3 is 2.87 bits per heavy atom. The Morgan fingerprint density at radius 2 is 2.13 bits per heavy atom. The lowest BCUT2D eigenvalue weighted by atomic mass is 10.1. The zero-order valence-corrected chi connectivity index (χ0v) is 8.70. The molecular weight excluding hydrogens is 193 g/mol. The summed E-state index contributed by atoms with van der Waals surface area (Å²) >= 11 is 0. The second-order valence-corrected chi connectivity index (χ2v) is 3.73. The van der Waals surface area contributed by atoms with Crippen LogP contribution >= 0.6 is 0 Å².